The Morgan fingerprint density at radius 3 is 2.67 bits per heavy atom. The van der Waals surface area contributed by atoms with Crippen LogP contribution in [0.1, 0.15) is 12.8 Å². The molecule has 0 unspecified atom stereocenters. The second-order valence-electron chi connectivity index (χ2n) is 6.18. The van der Waals surface area contributed by atoms with Crippen molar-refractivity contribution in [2.45, 2.75) is 19.4 Å². The van der Waals surface area contributed by atoms with Crippen molar-refractivity contribution in [1.82, 2.24) is 20.0 Å². The zero-order valence-corrected chi connectivity index (χ0v) is 16.2. The Balaban J connectivity index is 0.00000264. The molecule has 1 aliphatic rings. The van der Waals surface area contributed by atoms with Gasteiger partial charge in [0.05, 0.1) is 18.6 Å². The molecule has 0 aromatic carbocycles. The molecule has 24 heavy (non-hydrogen) atoms. The van der Waals surface area contributed by atoms with E-state index >= 15 is 0 Å². The van der Waals surface area contributed by atoms with E-state index in [0.717, 1.165) is 39.0 Å². The van der Waals surface area contributed by atoms with Crippen molar-refractivity contribution < 1.29 is 9.53 Å². The summed E-state index contributed by atoms with van der Waals surface area (Å²) in [5, 5.41) is 10.7. The summed E-state index contributed by atoms with van der Waals surface area (Å²) in [5.74, 6) is 0.617. The highest BCUT2D eigenvalue weighted by Gasteiger charge is 2.39. The summed E-state index contributed by atoms with van der Waals surface area (Å²) in [6.45, 7) is 3.84. The molecule has 1 fully saturated rings. The first-order valence-electron chi connectivity index (χ1n) is 7.75. The van der Waals surface area contributed by atoms with E-state index in [0.29, 0.717) is 12.4 Å². The van der Waals surface area contributed by atoms with Crippen LogP contribution in [0.15, 0.2) is 12.3 Å². The molecule has 0 atom stereocenters. The molecule has 9 heteroatoms. The second kappa shape index (κ2) is 10.9. The maximum absolute atomic E-state index is 12.7. The van der Waals surface area contributed by atoms with Crippen molar-refractivity contribution >= 4 is 36.5 Å². The molecule has 0 saturated carbocycles. The summed E-state index contributed by atoms with van der Waals surface area (Å²) in [5.41, 5.74) is -0.451. The van der Waals surface area contributed by atoms with Gasteiger partial charge in [-0.05, 0) is 40.0 Å². The fourth-order valence-corrected chi connectivity index (χ4v) is 2.72. The third kappa shape index (κ3) is 6.22. The van der Waals surface area contributed by atoms with Gasteiger partial charge in [-0.3, -0.25) is 9.48 Å². The van der Waals surface area contributed by atoms with Gasteiger partial charge in [0.2, 0.25) is 5.91 Å². The molecule has 1 aromatic rings. The average molecular weight is 382 g/mol. The van der Waals surface area contributed by atoms with Crippen LogP contribution >= 0.6 is 24.8 Å². The number of ether oxygens (including phenoxy) is 1. The molecular formula is C15H29Cl2N5O2. The first kappa shape index (κ1) is 23.1. The Morgan fingerprint density at radius 2 is 2.08 bits per heavy atom. The van der Waals surface area contributed by atoms with Gasteiger partial charge >= 0.3 is 0 Å². The maximum Gasteiger partial charge on any atom is 0.234 e. The molecule has 0 spiro atoms. The van der Waals surface area contributed by atoms with E-state index in [1.165, 1.54) is 0 Å². The Kier molecular flexibility index (Phi) is 10.5. The normalized spacial score (nSPS) is 16.2. The van der Waals surface area contributed by atoms with E-state index < -0.39 is 5.41 Å². The van der Waals surface area contributed by atoms with Gasteiger partial charge in [0.25, 0.3) is 0 Å². The third-order valence-corrected chi connectivity index (χ3v) is 4.12. The minimum absolute atomic E-state index is 0. The van der Waals surface area contributed by atoms with Gasteiger partial charge in [-0.15, -0.1) is 24.8 Å². The minimum Gasteiger partial charge on any atom is -0.384 e. The predicted molar refractivity (Wildman–Crippen MR) is 100 cm³/mol. The topological polar surface area (TPSA) is 71.4 Å². The number of likely N-dealkylation sites (N-methyl/N-ethyl adjacent to an activating group) is 1. The molecule has 2 N–H and O–H groups in total. The highest BCUT2D eigenvalue weighted by atomic mass is 35.5. The number of rotatable bonds is 7. The van der Waals surface area contributed by atoms with Crippen molar-refractivity contribution in [3.05, 3.63) is 12.3 Å². The molecular weight excluding hydrogens is 353 g/mol. The van der Waals surface area contributed by atoms with Crippen LogP contribution in [0.25, 0.3) is 0 Å². The van der Waals surface area contributed by atoms with E-state index in [1.807, 2.05) is 31.0 Å². The van der Waals surface area contributed by atoms with E-state index in [2.05, 4.69) is 20.6 Å². The van der Waals surface area contributed by atoms with Crippen LogP contribution in [0.5, 0.6) is 0 Å². The standard InChI is InChI=1S/C15H27N5O2.2ClH/c1-19(2)10-11-20-9-4-13(18-20)17-14(21)15(12-22-3)5-7-16-8-6-15;;/h4,9,16H,5-8,10-12H2,1-3H3,(H,17,18,21);2*1H. The number of hydrogen-bond acceptors (Lipinski definition) is 5. The summed E-state index contributed by atoms with van der Waals surface area (Å²) >= 11 is 0. The molecule has 2 rings (SSSR count). The number of anilines is 1. The number of nitrogens with zero attached hydrogens (tertiary/aromatic N) is 3. The Hall–Kier alpha value is -0.860. The average Bonchev–Trinajstić information content (AvgIpc) is 2.94. The van der Waals surface area contributed by atoms with Crippen LogP contribution in [0.4, 0.5) is 5.82 Å². The number of carbonyl (C=O) groups excluding carboxylic acids is 1. The molecule has 1 saturated heterocycles. The Bertz CT molecular complexity index is 484. The van der Waals surface area contributed by atoms with Gasteiger partial charge < -0.3 is 20.3 Å². The first-order chi connectivity index (χ1) is 10.6. The lowest BCUT2D eigenvalue weighted by molar-refractivity contribution is -0.130. The molecule has 1 aliphatic heterocycles. The number of nitrogens with one attached hydrogen (secondary N) is 2. The van der Waals surface area contributed by atoms with Crippen molar-refractivity contribution in [2.75, 3.05) is 52.8 Å². The largest absolute Gasteiger partial charge is 0.384 e. The van der Waals surface area contributed by atoms with E-state index in [4.69, 9.17) is 4.74 Å². The Morgan fingerprint density at radius 1 is 1.42 bits per heavy atom. The van der Waals surface area contributed by atoms with E-state index in [9.17, 15) is 4.79 Å². The number of halogens is 2. The highest BCUT2D eigenvalue weighted by molar-refractivity contribution is 5.94. The van der Waals surface area contributed by atoms with Gasteiger partial charge in [0.1, 0.15) is 0 Å². The molecule has 1 aromatic heterocycles. The van der Waals surface area contributed by atoms with Crippen LogP contribution in [-0.4, -0.2) is 68.0 Å². The van der Waals surface area contributed by atoms with Crippen LogP contribution in [-0.2, 0) is 16.1 Å². The van der Waals surface area contributed by atoms with Crippen molar-refractivity contribution in [2.24, 2.45) is 5.41 Å². The number of carbonyl (C=O) groups is 1. The van der Waals surface area contributed by atoms with Crippen LogP contribution in [0, 0.1) is 5.41 Å². The number of hydrogen-bond donors (Lipinski definition) is 2. The molecule has 0 bridgehead atoms. The van der Waals surface area contributed by atoms with E-state index in [1.54, 1.807) is 7.11 Å². The zero-order valence-electron chi connectivity index (χ0n) is 14.6. The lowest BCUT2D eigenvalue weighted by Crippen LogP contribution is -2.47. The van der Waals surface area contributed by atoms with Crippen molar-refractivity contribution in [3.8, 4) is 0 Å². The van der Waals surface area contributed by atoms with Crippen molar-refractivity contribution in [3.63, 3.8) is 0 Å². The number of amides is 1. The number of methoxy groups -OCH3 is 1. The number of piperidine rings is 1. The fourth-order valence-electron chi connectivity index (χ4n) is 2.72. The minimum atomic E-state index is -0.451. The van der Waals surface area contributed by atoms with Gasteiger partial charge in [0.15, 0.2) is 5.82 Å². The molecule has 1 amide bonds. The second-order valence-corrected chi connectivity index (χ2v) is 6.18. The predicted octanol–water partition coefficient (Wildman–Crippen LogP) is 1.24. The van der Waals surface area contributed by atoms with Gasteiger partial charge in [-0.2, -0.15) is 5.10 Å². The summed E-state index contributed by atoms with van der Waals surface area (Å²) in [7, 11) is 5.70. The van der Waals surface area contributed by atoms with Gasteiger partial charge in [-0.1, -0.05) is 0 Å². The first-order valence-corrected chi connectivity index (χ1v) is 7.75. The molecule has 0 radical (unpaired) electrons. The quantitative estimate of drug-likeness (QED) is 0.743. The maximum atomic E-state index is 12.7. The smallest absolute Gasteiger partial charge is 0.234 e. The van der Waals surface area contributed by atoms with Gasteiger partial charge in [0, 0.05) is 25.9 Å². The van der Waals surface area contributed by atoms with Crippen LogP contribution < -0.4 is 10.6 Å². The summed E-state index contributed by atoms with van der Waals surface area (Å²) < 4.78 is 7.14. The molecule has 2 heterocycles. The Labute approximate surface area is 156 Å². The zero-order chi connectivity index (χ0) is 16.0. The molecule has 7 nitrogen and oxygen atoms in total. The SMILES string of the molecule is COCC1(C(=O)Nc2ccn(CCN(C)C)n2)CCNCC1.Cl.Cl. The lowest BCUT2D eigenvalue weighted by atomic mass is 9.78. The monoisotopic (exact) mass is 381 g/mol. The van der Waals surface area contributed by atoms with Gasteiger partial charge in [-0.25, -0.2) is 0 Å². The van der Waals surface area contributed by atoms with Crippen LogP contribution in [0.3, 0.4) is 0 Å². The molecule has 140 valence electrons. The fraction of sp³-hybridized carbons (Fsp3) is 0.733. The third-order valence-electron chi connectivity index (χ3n) is 4.12. The van der Waals surface area contributed by atoms with E-state index in [-0.39, 0.29) is 30.7 Å². The highest BCUT2D eigenvalue weighted by Crippen LogP contribution is 2.30. The van der Waals surface area contributed by atoms with Crippen molar-refractivity contribution in [1.29, 1.82) is 0 Å². The lowest BCUT2D eigenvalue weighted by Gasteiger charge is -2.35. The number of aromatic nitrogens is 2. The molecule has 0 aliphatic carbocycles. The van der Waals surface area contributed by atoms with Crippen LogP contribution in [0.2, 0.25) is 0 Å². The summed E-state index contributed by atoms with van der Waals surface area (Å²) in [6.07, 6.45) is 3.46. The summed E-state index contributed by atoms with van der Waals surface area (Å²) in [6, 6.07) is 1.84. The summed E-state index contributed by atoms with van der Waals surface area (Å²) in [4.78, 5) is 14.8.